The number of sulfone groups is 1. The Balaban J connectivity index is 3.00. The highest BCUT2D eigenvalue weighted by atomic mass is 79.9. The highest BCUT2D eigenvalue weighted by Gasteiger charge is 2.27. The normalized spacial score (nSPS) is 16.0. The van der Waals surface area contributed by atoms with E-state index in [-0.39, 0.29) is 0 Å². The summed E-state index contributed by atoms with van der Waals surface area (Å²) in [5.41, 5.74) is 1.59. The summed E-state index contributed by atoms with van der Waals surface area (Å²) >= 11 is 2.99. The van der Waals surface area contributed by atoms with Gasteiger partial charge in [-0.2, -0.15) is 0 Å². The summed E-state index contributed by atoms with van der Waals surface area (Å²) in [6, 6.07) is 7.15. The topological polar surface area (TPSA) is 54.4 Å². The van der Waals surface area contributed by atoms with Gasteiger partial charge in [0.15, 0.2) is 9.84 Å². The van der Waals surface area contributed by atoms with Gasteiger partial charge in [0.05, 0.1) is 0 Å². The van der Waals surface area contributed by atoms with Crippen LogP contribution in [0.2, 0.25) is 0 Å². The van der Waals surface area contributed by atoms with Crippen LogP contribution < -0.4 is 0 Å². The first-order valence-electron chi connectivity index (χ1n) is 4.40. The number of aryl methyl sites for hydroxylation is 1. The van der Waals surface area contributed by atoms with E-state index >= 15 is 0 Å². The molecule has 0 amide bonds. The molecule has 0 heterocycles. The minimum absolute atomic E-state index is 0.599. The Labute approximate surface area is 98.2 Å². The summed E-state index contributed by atoms with van der Waals surface area (Å²) in [7, 11) is -3.30. The average Bonchev–Trinajstić information content (AvgIpc) is 2.14. The van der Waals surface area contributed by atoms with E-state index in [2.05, 4.69) is 15.9 Å². The molecule has 0 aliphatic carbocycles. The first-order chi connectivity index (χ1) is 6.82. The van der Waals surface area contributed by atoms with Crippen molar-refractivity contribution in [2.75, 3.05) is 6.26 Å². The third kappa shape index (κ3) is 3.29. The Bertz CT molecular complexity index is 442. The lowest BCUT2D eigenvalue weighted by molar-refractivity contribution is 0.195. The molecule has 0 bridgehead atoms. The van der Waals surface area contributed by atoms with E-state index in [0.717, 1.165) is 11.8 Å². The molecule has 5 heteroatoms. The van der Waals surface area contributed by atoms with E-state index in [1.807, 2.05) is 13.0 Å². The van der Waals surface area contributed by atoms with Crippen LogP contribution in [0.1, 0.15) is 17.2 Å². The first-order valence-corrected chi connectivity index (χ1v) is 7.27. The van der Waals surface area contributed by atoms with Gasteiger partial charge < -0.3 is 5.11 Å². The lowest BCUT2D eigenvalue weighted by atomic mass is 10.1. The van der Waals surface area contributed by atoms with E-state index in [0.29, 0.717) is 5.56 Å². The van der Waals surface area contributed by atoms with Gasteiger partial charge in [0.1, 0.15) is 10.3 Å². The Morgan fingerprint density at radius 3 is 2.47 bits per heavy atom. The molecule has 1 rings (SSSR count). The molecule has 0 saturated heterocycles. The molecule has 15 heavy (non-hydrogen) atoms. The van der Waals surface area contributed by atoms with Crippen LogP contribution in [0.25, 0.3) is 0 Å². The van der Waals surface area contributed by atoms with Gasteiger partial charge in [-0.05, 0) is 12.5 Å². The number of benzene rings is 1. The molecule has 0 aliphatic heterocycles. The van der Waals surface area contributed by atoms with Gasteiger partial charge >= 0.3 is 0 Å². The maximum Gasteiger partial charge on any atom is 0.163 e. The van der Waals surface area contributed by atoms with Crippen molar-refractivity contribution in [1.29, 1.82) is 0 Å². The molecule has 1 aromatic carbocycles. The third-order valence-electron chi connectivity index (χ3n) is 2.04. The molecular formula is C10H13BrO3S. The highest BCUT2D eigenvalue weighted by Crippen LogP contribution is 2.26. The average molecular weight is 293 g/mol. The minimum Gasteiger partial charge on any atom is -0.386 e. The molecule has 1 aromatic rings. The number of rotatable bonds is 3. The van der Waals surface area contributed by atoms with Crippen LogP contribution in [-0.2, 0) is 9.84 Å². The van der Waals surface area contributed by atoms with Crippen LogP contribution >= 0.6 is 15.9 Å². The van der Waals surface area contributed by atoms with Gasteiger partial charge in [-0.15, -0.1) is 0 Å². The second-order valence-electron chi connectivity index (χ2n) is 3.54. The summed E-state index contributed by atoms with van der Waals surface area (Å²) < 4.78 is 21.5. The van der Waals surface area contributed by atoms with Crippen LogP contribution in [0.5, 0.6) is 0 Å². The van der Waals surface area contributed by atoms with Gasteiger partial charge in [-0.1, -0.05) is 45.8 Å². The second-order valence-corrected chi connectivity index (χ2v) is 7.30. The van der Waals surface area contributed by atoms with Crippen LogP contribution in [0.3, 0.4) is 0 Å². The SMILES string of the molecule is Cc1cccc([C@@H](O)[C@H](Br)S(C)(=O)=O)c1. The van der Waals surface area contributed by atoms with Crippen molar-refractivity contribution in [3.05, 3.63) is 35.4 Å². The summed E-state index contributed by atoms with van der Waals surface area (Å²) in [6.45, 7) is 1.89. The summed E-state index contributed by atoms with van der Waals surface area (Å²) in [5, 5.41) is 9.82. The van der Waals surface area contributed by atoms with E-state index in [1.165, 1.54) is 0 Å². The van der Waals surface area contributed by atoms with Gasteiger partial charge in [-0.3, -0.25) is 0 Å². The Morgan fingerprint density at radius 2 is 2.00 bits per heavy atom. The monoisotopic (exact) mass is 292 g/mol. The minimum atomic E-state index is -3.30. The number of aliphatic hydroxyl groups excluding tert-OH is 1. The van der Waals surface area contributed by atoms with Gasteiger partial charge in [0, 0.05) is 6.26 Å². The van der Waals surface area contributed by atoms with E-state index in [9.17, 15) is 13.5 Å². The number of hydrogen-bond acceptors (Lipinski definition) is 3. The van der Waals surface area contributed by atoms with Gasteiger partial charge in [0.2, 0.25) is 0 Å². The fourth-order valence-corrected chi connectivity index (χ4v) is 2.17. The van der Waals surface area contributed by atoms with E-state index in [4.69, 9.17) is 0 Å². The fraction of sp³-hybridized carbons (Fsp3) is 0.400. The molecule has 0 saturated carbocycles. The quantitative estimate of drug-likeness (QED) is 0.865. The maximum absolute atomic E-state index is 11.2. The van der Waals surface area contributed by atoms with Crippen molar-refractivity contribution < 1.29 is 13.5 Å². The molecule has 0 spiro atoms. The number of halogens is 1. The molecule has 84 valence electrons. The number of hydrogen-bond donors (Lipinski definition) is 1. The highest BCUT2D eigenvalue weighted by molar-refractivity contribution is 9.11. The van der Waals surface area contributed by atoms with Crippen molar-refractivity contribution in [1.82, 2.24) is 0 Å². The Hall–Kier alpha value is -0.390. The molecule has 0 aliphatic rings. The lowest BCUT2D eigenvalue weighted by Crippen LogP contribution is -2.21. The zero-order valence-electron chi connectivity index (χ0n) is 8.51. The fourth-order valence-electron chi connectivity index (χ4n) is 1.24. The molecule has 2 atom stereocenters. The van der Waals surface area contributed by atoms with E-state index < -0.39 is 20.1 Å². The van der Waals surface area contributed by atoms with Crippen LogP contribution in [0.4, 0.5) is 0 Å². The Morgan fingerprint density at radius 1 is 1.40 bits per heavy atom. The van der Waals surface area contributed by atoms with Crippen molar-refractivity contribution in [2.24, 2.45) is 0 Å². The van der Waals surface area contributed by atoms with Crippen LogP contribution in [0, 0.1) is 6.92 Å². The van der Waals surface area contributed by atoms with Crippen LogP contribution in [-0.4, -0.2) is 23.9 Å². The zero-order valence-corrected chi connectivity index (χ0v) is 10.9. The molecule has 1 N–H and O–H groups in total. The van der Waals surface area contributed by atoms with E-state index in [1.54, 1.807) is 18.2 Å². The molecular weight excluding hydrogens is 280 g/mol. The zero-order chi connectivity index (χ0) is 11.6. The van der Waals surface area contributed by atoms with Crippen molar-refractivity contribution >= 4 is 25.8 Å². The molecule has 0 radical (unpaired) electrons. The summed E-state index contributed by atoms with van der Waals surface area (Å²) in [5.74, 6) is 0. The molecule has 0 aromatic heterocycles. The second kappa shape index (κ2) is 4.63. The van der Waals surface area contributed by atoms with Crippen molar-refractivity contribution in [3.8, 4) is 0 Å². The van der Waals surface area contributed by atoms with Crippen molar-refractivity contribution in [2.45, 2.75) is 17.2 Å². The molecule has 3 nitrogen and oxygen atoms in total. The maximum atomic E-state index is 11.2. The van der Waals surface area contributed by atoms with Crippen LogP contribution in [0.15, 0.2) is 24.3 Å². The summed E-state index contributed by atoms with van der Waals surface area (Å²) in [6.07, 6.45) is 0.0470. The first kappa shape index (κ1) is 12.7. The number of alkyl halides is 1. The predicted octanol–water partition coefficient (Wildman–Crippen LogP) is 1.79. The molecule has 0 fully saturated rings. The predicted molar refractivity (Wildman–Crippen MR) is 63.7 cm³/mol. The lowest BCUT2D eigenvalue weighted by Gasteiger charge is -2.16. The van der Waals surface area contributed by atoms with Crippen molar-refractivity contribution in [3.63, 3.8) is 0 Å². The molecule has 0 unspecified atom stereocenters. The Kier molecular flexibility index (Phi) is 3.92. The van der Waals surface area contributed by atoms with Gasteiger partial charge in [0.25, 0.3) is 0 Å². The summed E-state index contributed by atoms with van der Waals surface area (Å²) in [4.78, 5) is 0. The largest absolute Gasteiger partial charge is 0.386 e. The number of aliphatic hydroxyl groups is 1. The van der Waals surface area contributed by atoms with Gasteiger partial charge in [-0.25, -0.2) is 8.42 Å². The third-order valence-corrected chi connectivity index (χ3v) is 5.65. The smallest absolute Gasteiger partial charge is 0.163 e. The standard InChI is InChI=1S/C10H13BrO3S/c1-7-4-3-5-8(6-7)9(12)10(11)15(2,13)14/h3-6,9-10,12H,1-2H3/t9-,10-/m1/s1.